The Morgan fingerprint density at radius 2 is 1.96 bits per heavy atom. The number of anilines is 1. The number of thioether (sulfide) groups is 1. The molecule has 136 valence electrons. The van der Waals surface area contributed by atoms with Gasteiger partial charge in [-0.2, -0.15) is 0 Å². The second kappa shape index (κ2) is 8.89. The molecular formula is C18H26N4O2S. The molecule has 0 spiro atoms. The third-order valence-corrected chi connectivity index (χ3v) is 5.29. The van der Waals surface area contributed by atoms with E-state index in [2.05, 4.69) is 16.8 Å². The Morgan fingerprint density at radius 1 is 1.28 bits per heavy atom. The number of allylic oxidation sites excluding steroid dienone is 1. The Hall–Kier alpha value is -2.02. The van der Waals surface area contributed by atoms with Crippen molar-refractivity contribution in [1.29, 1.82) is 5.41 Å². The molecule has 2 rings (SSSR count). The van der Waals surface area contributed by atoms with Crippen molar-refractivity contribution in [3.05, 3.63) is 35.4 Å². The van der Waals surface area contributed by atoms with Crippen LogP contribution >= 0.6 is 11.8 Å². The fourth-order valence-corrected chi connectivity index (χ4v) is 3.89. The maximum absolute atomic E-state index is 12.4. The monoisotopic (exact) mass is 362 g/mol. The number of carbonyl (C=O) groups excluding carboxylic acids is 1. The number of amides is 1. The normalized spacial score (nSPS) is 15.8. The first-order valence-electron chi connectivity index (χ1n) is 8.35. The number of aryl methyl sites for hydroxylation is 1. The number of carbonyl (C=O) groups is 1. The molecular weight excluding hydrogens is 336 g/mol. The third kappa shape index (κ3) is 5.22. The van der Waals surface area contributed by atoms with Crippen LogP contribution in [0.2, 0.25) is 0 Å². The standard InChI is InChI=1S/C18H26N4O2S/c1-13-4-5-20-10-17(13)21-6-8-22(9-7-21)18(24)12-25-11-16(14(2)19)15(3)23/h4-5,10,19,23H,6-9,11-12H2,1-3H3/b16-15-,19-14?. The van der Waals surface area contributed by atoms with Gasteiger partial charge in [0.25, 0.3) is 0 Å². The molecule has 0 unspecified atom stereocenters. The number of aromatic nitrogens is 1. The molecule has 7 heteroatoms. The molecule has 1 aliphatic heterocycles. The van der Waals surface area contributed by atoms with Gasteiger partial charge in [0.05, 0.1) is 23.4 Å². The Bertz CT molecular complexity index is 663. The maximum Gasteiger partial charge on any atom is 0.232 e. The van der Waals surface area contributed by atoms with Crippen molar-refractivity contribution in [2.75, 3.05) is 42.6 Å². The largest absolute Gasteiger partial charge is 0.512 e. The number of piperazine rings is 1. The lowest BCUT2D eigenvalue weighted by Crippen LogP contribution is -2.49. The zero-order chi connectivity index (χ0) is 18.4. The molecule has 1 saturated heterocycles. The highest BCUT2D eigenvalue weighted by Crippen LogP contribution is 2.20. The molecule has 2 heterocycles. The van der Waals surface area contributed by atoms with Crippen LogP contribution in [-0.4, -0.2) is 64.3 Å². The average Bonchev–Trinajstić information content (AvgIpc) is 2.58. The van der Waals surface area contributed by atoms with Gasteiger partial charge in [0.2, 0.25) is 5.91 Å². The molecule has 1 aromatic heterocycles. The van der Waals surface area contributed by atoms with Crippen molar-refractivity contribution in [2.45, 2.75) is 20.8 Å². The highest BCUT2D eigenvalue weighted by Gasteiger charge is 2.22. The molecule has 1 aliphatic rings. The van der Waals surface area contributed by atoms with Gasteiger partial charge in [-0.25, -0.2) is 0 Å². The Labute approximate surface area is 153 Å². The molecule has 0 atom stereocenters. The van der Waals surface area contributed by atoms with Crippen LogP contribution < -0.4 is 4.90 Å². The quantitative estimate of drug-likeness (QED) is 0.601. The summed E-state index contributed by atoms with van der Waals surface area (Å²) in [6.45, 7) is 8.34. The van der Waals surface area contributed by atoms with Crippen LogP contribution in [0.1, 0.15) is 19.4 Å². The van der Waals surface area contributed by atoms with E-state index in [1.807, 2.05) is 17.2 Å². The summed E-state index contributed by atoms with van der Waals surface area (Å²) in [5.74, 6) is 1.13. The fraction of sp³-hybridized carbons (Fsp3) is 0.500. The van der Waals surface area contributed by atoms with E-state index in [-0.39, 0.29) is 11.7 Å². The zero-order valence-corrected chi connectivity index (χ0v) is 15.9. The Balaban J connectivity index is 1.81. The summed E-state index contributed by atoms with van der Waals surface area (Å²) >= 11 is 1.45. The molecule has 0 aliphatic carbocycles. The second-order valence-electron chi connectivity index (χ2n) is 6.21. The predicted molar refractivity (Wildman–Crippen MR) is 104 cm³/mol. The van der Waals surface area contributed by atoms with E-state index in [1.165, 1.54) is 17.3 Å². The van der Waals surface area contributed by atoms with Crippen LogP contribution in [0.3, 0.4) is 0 Å². The summed E-state index contributed by atoms with van der Waals surface area (Å²) in [6, 6.07) is 2.00. The highest BCUT2D eigenvalue weighted by molar-refractivity contribution is 8.00. The number of nitrogens with one attached hydrogen (secondary N) is 1. The second-order valence-corrected chi connectivity index (χ2v) is 7.20. The summed E-state index contributed by atoms with van der Waals surface area (Å²) < 4.78 is 0. The van der Waals surface area contributed by atoms with Crippen LogP contribution in [0.4, 0.5) is 5.69 Å². The molecule has 1 aromatic rings. The van der Waals surface area contributed by atoms with Crippen LogP contribution in [-0.2, 0) is 4.79 Å². The van der Waals surface area contributed by atoms with E-state index in [0.717, 1.165) is 18.8 Å². The molecule has 0 aromatic carbocycles. The van der Waals surface area contributed by atoms with Gasteiger partial charge in [0.1, 0.15) is 0 Å². The number of nitrogens with zero attached hydrogens (tertiary/aromatic N) is 3. The van der Waals surface area contributed by atoms with Gasteiger partial charge in [-0.1, -0.05) is 0 Å². The van der Waals surface area contributed by atoms with Crippen LogP contribution in [0.5, 0.6) is 0 Å². The zero-order valence-electron chi connectivity index (χ0n) is 15.1. The van der Waals surface area contributed by atoms with Gasteiger partial charge in [0.15, 0.2) is 0 Å². The third-order valence-electron chi connectivity index (χ3n) is 4.35. The molecule has 0 radical (unpaired) electrons. The maximum atomic E-state index is 12.4. The minimum Gasteiger partial charge on any atom is -0.512 e. The molecule has 0 saturated carbocycles. The number of rotatable bonds is 6. The van der Waals surface area contributed by atoms with E-state index >= 15 is 0 Å². The molecule has 2 N–H and O–H groups in total. The summed E-state index contributed by atoms with van der Waals surface area (Å²) in [7, 11) is 0. The van der Waals surface area contributed by atoms with Crippen molar-refractivity contribution in [1.82, 2.24) is 9.88 Å². The van der Waals surface area contributed by atoms with Gasteiger partial charge >= 0.3 is 0 Å². The molecule has 0 bridgehead atoms. The topological polar surface area (TPSA) is 80.5 Å². The van der Waals surface area contributed by atoms with Gasteiger partial charge in [-0.3, -0.25) is 9.78 Å². The molecule has 25 heavy (non-hydrogen) atoms. The molecule has 6 nitrogen and oxygen atoms in total. The number of pyridine rings is 1. The van der Waals surface area contributed by atoms with Crippen molar-refractivity contribution in [3.63, 3.8) is 0 Å². The predicted octanol–water partition coefficient (Wildman–Crippen LogP) is 2.64. The number of hydrogen-bond donors (Lipinski definition) is 2. The first kappa shape index (κ1) is 19.3. The lowest BCUT2D eigenvalue weighted by atomic mass is 10.2. The summed E-state index contributed by atoms with van der Waals surface area (Å²) in [5.41, 5.74) is 3.29. The van der Waals surface area contributed by atoms with Gasteiger partial charge < -0.3 is 20.3 Å². The average molecular weight is 362 g/mol. The van der Waals surface area contributed by atoms with E-state index in [1.54, 1.807) is 20.0 Å². The summed E-state index contributed by atoms with van der Waals surface area (Å²) in [4.78, 5) is 20.7. The van der Waals surface area contributed by atoms with Gasteiger partial charge in [-0.15, -0.1) is 11.8 Å². The minimum absolute atomic E-state index is 0.116. The smallest absolute Gasteiger partial charge is 0.232 e. The van der Waals surface area contributed by atoms with Crippen LogP contribution in [0.15, 0.2) is 29.8 Å². The van der Waals surface area contributed by atoms with Crippen molar-refractivity contribution in [3.8, 4) is 0 Å². The van der Waals surface area contributed by atoms with Crippen LogP contribution in [0.25, 0.3) is 0 Å². The summed E-state index contributed by atoms with van der Waals surface area (Å²) in [6.07, 6.45) is 3.68. The Kier molecular flexibility index (Phi) is 6.87. The Morgan fingerprint density at radius 3 is 2.52 bits per heavy atom. The highest BCUT2D eigenvalue weighted by atomic mass is 32.2. The number of aliphatic hydroxyl groups excluding tert-OH is 1. The van der Waals surface area contributed by atoms with Crippen LogP contribution in [0, 0.1) is 12.3 Å². The van der Waals surface area contributed by atoms with E-state index < -0.39 is 0 Å². The fourth-order valence-electron chi connectivity index (χ4n) is 2.80. The van der Waals surface area contributed by atoms with Gasteiger partial charge in [-0.05, 0) is 32.4 Å². The molecule has 1 amide bonds. The lowest BCUT2D eigenvalue weighted by Gasteiger charge is -2.36. The first-order valence-corrected chi connectivity index (χ1v) is 9.51. The van der Waals surface area contributed by atoms with E-state index in [0.29, 0.717) is 35.9 Å². The van der Waals surface area contributed by atoms with Crippen molar-refractivity contribution < 1.29 is 9.90 Å². The minimum atomic E-state index is 0.116. The lowest BCUT2D eigenvalue weighted by molar-refractivity contribution is -0.128. The first-order chi connectivity index (χ1) is 11.9. The van der Waals surface area contributed by atoms with E-state index in [4.69, 9.17) is 5.41 Å². The van der Waals surface area contributed by atoms with Crippen molar-refractivity contribution >= 4 is 29.1 Å². The number of aliphatic hydroxyl groups is 1. The SMILES string of the molecule is CC(=N)/C(CSCC(=O)N1CCN(c2cnccc2C)CC1)=C(/C)O. The number of hydrogen-bond acceptors (Lipinski definition) is 6. The molecule has 1 fully saturated rings. The van der Waals surface area contributed by atoms with Gasteiger partial charge in [0, 0.05) is 49.4 Å². The van der Waals surface area contributed by atoms with E-state index in [9.17, 15) is 9.90 Å². The van der Waals surface area contributed by atoms with Crippen molar-refractivity contribution in [2.24, 2.45) is 0 Å². The summed E-state index contributed by atoms with van der Waals surface area (Å²) in [5, 5.41) is 17.2.